The SMILES string of the molecule is Cc1cc(C)cc(N(C)c2ncc(C(=O)O)cn2)c1. The second kappa shape index (κ2) is 5.06. The van der Waals surface area contributed by atoms with Crippen molar-refractivity contribution in [2.45, 2.75) is 13.8 Å². The first kappa shape index (κ1) is 13.0. The van der Waals surface area contributed by atoms with Gasteiger partial charge in [0.15, 0.2) is 0 Å². The molecule has 0 saturated heterocycles. The third-order valence-corrected chi connectivity index (χ3v) is 2.78. The van der Waals surface area contributed by atoms with E-state index >= 15 is 0 Å². The summed E-state index contributed by atoms with van der Waals surface area (Å²) in [6.45, 7) is 4.05. The fraction of sp³-hybridized carbons (Fsp3) is 0.214. The van der Waals surface area contributed by atoms with Gasteiger partial charge >= 0.3 is 5.97 Å². The number of carboxylic acid groups (broad SMARTS) is 1. The van der Waals surface area contributed by atoms with Gasteiger partial charge in [-0.3, -0.25) is 0 Å². The minimum absolute atomic E-state index is 0.0811. The maximum Gasteiger partial charge on any atom is 0.338 e. The summed E-state index contributed by atoms with van der Waals surface area (Å²) in [4.78, 5) is 20.7. The van der Waals surface area contributed by atoms with Crippen molar-refractivity contribution in [3.63, 3.8) is 0 Å². The molecule has 98 valence electrons. The molecule has 1 heterocycles. The van der Waals surface area contributed by atoms with E-state index in [1.807, 2.05) is 37.9 Å². The predicted molar refractivity (Wildman–Crippen MR) is 73.0 cm³/mol. The van der Waals surface area contributed by atoms with Crippen LogP contribution in [-0.2, 0) is 0 Å². The Morgan fingerprint density at radius 1 is 1.11 bits per heavy atom. The van der Waals surface area contributed by atoms with E-state index in [2.05, 4.69) is 16.0 Å². The van der Waals surface area contributed by atoms with E-state index in [1.165, 1.54) is 12.4 Å². The van der Waals surface area contributed by atoms with E-state index in [9.17, 15) is 4.79 Å². The molecule has 5 heteroatoms. The summed E-state index contributed by atoms with van der Waals surface area (Å²) in [6.07, 6.45) is 2.62. The molecule has 19 heavy (non-hydrogen) atoms. The normalized spacial score (nSPS) is 10.3. The molecular formula is C14H15N3O2. The number of rotatable bonds is 3. The Balaban J connectivity index is 2.32. The molecule has 2 aromatic rings. The van der Waals surface area contributed by atoms with Gasteiger partial charge in [0.1, 0.15) is 0 Å². The van der Waals surface area contributed by atoms with Gasteiger partial charge in [-0.25, -0.2) is 14.8 Å². The molecule has 1 aromatic heterocycles. The fourth-order valence-corrected chi connectivity index (χ4v) is 1.86. The first-order valence-corrected chi connectivity index (χ1v) is 5.85. The molecule has 0 atom stereocenters. The van der Waals surface area contributed by atoms with Crippen LogP contribution in [0.15, 0.2) is 30.6 Å². The van der Waals surface area contributed by atoms with Crippen LogP contribution < -0.4 is 4.90 Å². The van der Waals surface area contributed by atoms with Crippen molar-refractivity contribution in [3.05, 3.63) is 47.3 Å². The number of carboxylic acids is 1. The van der Waals surface area contributed by atoms with Crippen molar-refractivity contribution in [1.82, 2.24) is 9.97 Å². The summed E-state index contributed by atoms with van der Waals surface area (Å²) >= 11 is 0. The molecule has 5 nitrogen and oxygen atoms in total. The summed E-state index contributed by atoms with van der Waals surface area (Å²) in [7, 11) is 1.85. The Morgan fingerprint density at radius 3 is 2.11 bits per heavy atom. The molecule has 0 bridgehead atoms. The Morgan fingerprint density at radius 2 is 1.63 bits per heavy atom. The third-order valence-electron chi connectivity index (χ3n) is 2.78. The van der Waals surface area contributed by atoms with Crippen molar-refractivity contribution in [2.24, 2.45) is 0 Å². The fourth-order valence-electron chi connectivity index (χ4n) is 1.86. The lowest BCUT2D eigenvalue weighted by Crippen LogP contribution is -2.14. The average molecular weight is 257 g/mol. The van der Waals surface area contributed by atoms with Gasteiger partial charge in [-0.05, 0) is 37.1 Å². The first-order valence-electron chi connectivity index (χ1n) is 5.85. The average Bonchev–Trinajstić information content (AvgIpc) is 2.37. The van der Waals surface area contributed by atoms with E-state index in [1.54, 1.807) is 0 Å². The molecule has 0 aliphatic carbocycles. The van der Waals surface area contributed by atoms with Crippen molar-refractivity contribution >= 4 is 17.6 Å². The number of aromatic carboxylic acids is 1. The zero-order valence-electron chi connectivity index (χ0n) is 11.1. The van der Waals surface area contributed by atoms with E-state index in [0.29, 0.717) is 5.95 Å². The molecule has 0 spiro atoms. The zero-order valence-corrected chi connectivity index (χ0v) is 11.1. The smallest absolute Gasteiger partial charge is 0.338 e. The van der Waals surface area contributed by atoms with Gasteiger partial charge in [0.05, 0.1) is 5.56 Å². The van der Waals surface area contributed by atoms with Crippen LogP contribution in [0.25, 0.3) is 0 Å². The molecule has 0 unspecified atom stereocenters. The molecule has 1 aromatic carbocycles. The van der Waals surface area contributed by atoms with Gasteiger partial charge in [-0.15, -0.1) is 0 Å². The van der Waals surface area contributed by atoms with Crippen LogP contribution in [0.2, 0.25) is 0 Å². The number of carbonyl (C=O) groups is 1. The summed E-state index contributed by atoms with van der Waals surface area (Å²) in [5.74, 6) is -0.560. The third kappa shape index (κ3) is 2.88. The highest BCUT2D eigenvalue weighted by molar-refractivity contribution is 5.86. The van der Waals surface area contributed by atoms with Crippen LogP contribution in [-0.4, -0.2) is 28.1 Å². The highest BCUT2D eigenvalue weighted by Gasteiger charge is 2.10. The van der Waals surface area contributed by atoms with Crippen molar-refractivity contribution in [2.75, 3.05) is 11.9 Å². The van der Waals surface area contributed by atoms with Gasteiger partial charge in [-0.1, -0.05) is 6.07 Å². The highest BCUT2D eigenvalue weighted by atomic mass is 16.4. The largest absolute Gasteiger partial charge is 0.478 e. The monoisotopic (exact) mass is 257 g/mol. The van der Waals surface area contributed by atoms with Gasteiger partial charge in [0.25, 0.3) is 0 Å². The molecular weight excluding hydrogens is 242 g/mol. The molecule has 0 fully saturated rings. The maximum absolute atomic E-state index is 10.7. The van der Waals surface area contributed by atoms with Crippen molar-refractivity contribution < 1.29 is 9.90 Å². The van der Waals surface area contributed by atoms with Gasteiger partial charge in [0, 0.05) is 25.1 Å². The number of benzene rings is 1. The number of hydrogen-bond donors (Lipinski definition) is 1. The molecule has 0 saturated carbocycles. The number of hydrogen-bond acceptors (Lipinski definition) is 4. The number of nitrogens with zero attached hydrogens (tertiary/aromatic N) is 3. The van der Waals surface area contributed by atoms with Crippen LogP contribution >= 0.6 is 0 Å². The summed E-state index contributed by atoms with van der Waals surface area (Å²) in [5.41, 5.74) is 3.37. The summed E-state index contributed by atoms with van der Waals surface area (Å²) < 4.78 is 0. The minimum atomic E-state index is -1.03. The lowest BCUT2D eigenvalue weighted by molar-refractivity contribution is 0.0696. The number of aromatic nitrogens is 2. The minimum Gasteiger partial charge on any atom is -0.478 e. The Hall–Kier alpha value is -2.43. The standard InChI is InChI=1S/C14H15N3O2/c1-9-4-10(2)6-12(5-9)17(3)14-15-7-11(8-16-14)13(18)19/h4-8H,1-3H3,(H,18,19). The molecule has 0 aliphatic rings. The Labute approximate surface area is 111 Å². The van der Waals surface area contributed by atoms with E-state index in [-0.39, 0.29) is 5.56 Å². The van der Waals surface area contributed by atoms with Gasteiger partial charge in [0.2, 0.25) is 5.95 Å². The second-order valence-electron chi connectivity index (χ2n) is 4.48. The van der Waals surface area contributed by atoms with Crippen LogP contribution in [0, 0.1) is 13.8 Å². The first-order chi connectivity index (χ1) is 8.97. The van der Waals surface area contributed by atoms with Crippen LogP contribution in [0.3, 0.4) is 0 Å². The van der Waals surface area contributed by atoms with Crippen LogP contribution in [0.5, 0.6) is 0 Å². The quantitative estimate of drug-likeness (QED) is 0.915. The lowest BCUT2D eigenvalue weighted by Gasteiger charge is -2.18. The van der Waals surface area contributed by atoms with Gasteiger partial charge in [-0.2, -0.15) is 0 Å². The number of anilines is 2. The summed E-state index contributed by atoms with van der Waals surface area (Å²) in [6, 6.07) is 6.15. The Bertz CT molecular complexity index is 588. The number of aryl methyl sites for hydroxylation is 2. The highest BCUT2D eigenvalue weighted by Crippen LogP contribution is 2.22. The zero-order chi connectivity index (χ0) is 14.0. The van der Waals surface area contributed by atoms with E-state index in [4.69, 9.17) is 5.11 Å². The molecule has 1 N–H and O–H groups in total. The maximum atomic E-state index is 10.7. The molecule has 2 rings (SSSR count). The van der Waals surface area contributed by atoms with Crippen LogP contribution in [0.4, 0.5) is 11.6 Å². The van der Waals surface area contributed by atoms with Crippen molar-refractivity contribution in [3.8, 4) is 0 Å². The van der Waals surface area contributed by atoms with Gasteiger partial charge < -0.3 is 10.0 Å². The van der Waals surface area contributed by atoms with Crippen molar-refractivity contribution in [1.29, 1.82) is 0 Å². The van der Waals surface area contributed by atoms with E-state index in [0.717, 1.165) is 16.8 Å². The van der Waals surface area contributed by atoms with Crippen LogP contribution in [0.1, 0.15) is 21.5 Å². The molecule has 0 radical (unpaired) electrons. The van der Waals surface area contributed by atoms with E-state index < -0.39 is 5.97 Å². The predicted octanol–water partition coefficient (Wildman–Crippen LogP) is 2.56. The second-order valence-corrected chi connectivity index (χ2v) is 4.48. The molecule has 0 amide bonds. The molecule has 0 aliphatic heterocycles. The Kier molecular flexibility index (Phi) is 3.46. The lowest BCUT2D eigenvalue weighted by atomic mass is 10.1. The topological polar surface area (TPSA) is 66.3 Å². The summed E-state index contributed by atoms with van der Waals surface area (Å²) in [5, 5.41) is 8.81.